The predicted molar refractivity (Wildman–Crippen MR) is 116 cm³/mol. The van der Waals surface area contributed by atoms with Crippen molar-refractivity contribution in [2.45, 2.75) is 5.16 Å². The van der Waals surface area contributed by atoms with Gasteiger partial charge in [-0.2, -0.15) is 0 Å². The molecule has 2 aromatic heterocycles. The number of fused-ring (bicyclic) bond motifs is 1. The quantitative estimate of drug-likeness (QED) is 0.425. The highest BCUT2D eigenvalue weighted by Gasteiger charge is 2.11. The van der Waals surface area contributed by atoms with Crippen LogP contribution in [-0.4, -0.2) is 40.8 Å². The maximum atomic E-state index is 12.3. The number of carbonyl (C=O) groups excluding carboxylic acids is 1. The van der Waals surface area contributed by atoms with Gasteiger partial charge in [0, 0.05) is 17.0 Å². The van der Waals surface area contributed by atoms with Gasteiger partial charge in [0.25, 0.3) is 0 Å². The lowest BCUT2D eigenvalue weighted by molar-refractivity contribution is -0.113. The van der Waals surface area contributed by atoms with Crippen molar-refractivity contribution in [2.24, 2.45) is 0 Å². The predicted octanol–water partition coefficient (Wildman–Crippen LogP) is 4.43. The highest BCUT2D eigenvalue weighted by molar-refractivity contribution is 7.99. The Hall–Kier alpha value is -3.04. The van der Waals surface area contributed by atoms with Crippen LogP contribution in [0, 0.1) is 0 Å². The van der Waals surface area contributed by atoms with Gasteiger partial charge in [-0.1, -0.05) is 11.8 Å². The molecule has 0 saturated heterocycles. The molecule has 0 aliphatic rings. The van der Waals surface area contributed by atoms with Gasteiger partial charge in [-0.05, 0) is 36.4 Å². The van der Waals surface area contributed by atoms with Crippen LogP contribution >= 0.6 is 23.1 Å². The lowest BCUT2D eigenvalue weighted by Crippen LogP contribution is -2.13. The number of rotatable bonds is 7. The van der Waals surface area contributed by atoms with E-state index in [4.69, 9.17) is 9.47 Å². The number of aromatic amines is 1. The number of hydrogen-bond donors (Lipinski definition) is 2. The summed E-state index contributed by atoms with van der Waals surface area (Å²) >= 11 is 2.73. The number of nitrogens with zero attached hydrogens (tertiary/aromatic N) is 2. The second-order valence-electron chi connectivity index (χ2n) is 6.03. The van der Waals surface area contributed by atoms with Crippen LogP contribution in [0.3, 0.4) is 0 Å². The maximum absolute atomic E-state index is 12.3. The number of ether oxygens (including phenoxy) is 2. The average molecular weight is 427 g/mol. The van der Waals surface area contributed by atoms with Crippen molar-refractivity contribution in [2.75, 3.05) is 25.3 Å². The van der Waals surface area contributed by atoms with Gasteiger partial charge in [0.05, 0.1) is 36.7 Å². The number of thioether (sulfide) groups is 1. The van der Waals surface area contributed by atoms with Crippen LogP contribution in [-0.2, 0) is 4.79 Å². The molecule has 9 heteroatoms. The maximum Gasteiger partial charge on any atom is 0.236 e. The Labute approximate surface area is 175 Å². The van der Waals surface area contributed by atoms with Crippen LogP contribution in [0.1, 0.15) is 0 Å². The number of hydrogen-bond acceptors (Lipinski definition) is 7. The Bertz CT molecular complexity index is 1140. The molecule has 2 aromatic carbocycles. The lowest BCUT2D eigenvalue weighted by atomic mass is 10.2. The number of amides is 1. The summed E-state index contributed by atoms with van der Waals surface area (Å²) in [7, 11) is 3.25. The number of imidazole rings is 1. The fourth-order valence-electron chi connectivity index (χ4n) is 2.68. The van der Waals surface area contributed by atoms with Crippen molar-refractivity contribution in [1.29, 1.82) is 0 Å². The monoisotopic (exact) mass is 426 g/mol. The molecule has 148 valence electrons. The third-order valence-corrected chi connectivity index (χ3v) is 5.77. The van der Waals surface area contributed by atoms with Gasteiger partial charge in [-0.3, -0.25) is 4.79 Å². The Balaban J connectivity index is 1.35. The van der Waals surface area contributed by atoms with E-state index in [2.05, 4.69) is 20.3 Å². The van der Waals surface area contributed by atoms with Crippen molar-refractivity contribution < 1.29 is 14.3 Å². The SMILES string of the molecule is COc1ccc(-c2csc(NC(=O)CSc3nc4ccc(OC)cc4[nH]3)n2)cc1. The van der Waals surface area contributed by atoms with E-state index in [9.17, 15) is 4.79 Å². The first-order valence-corrected chi connectivity index (χ1v) is 10.6. The summed E-state index contributed by atoms with van der Waals surface area (Å²) in [5, 5.41) is 6.00. The van der Waals surface area contributed by atoms with Gasteiger partial charge < -0.3 is 19.8 Å². The second-order valence-corrected chi connectivity index (χ2v) is 7.85. The number of aromatic nitrogens is 3. The minimum absolute atomic E-state index is 0.135. The van der Waals surface area contributed by atoms with E-state index < -0.39 is 0 Å². The molecule has 0 atom stereocenters. The number of anilines is 1. The first-order valence-electron chi connectivity index (χ1n) is 8.71. The van der Waals surface area contributed by atoms with E-state index in [1.807, 2.05) is 47.8 Å². The van der Waals surface area contributed by atoms with Crippen molar-refractivity contribution >= 4 is 45.2 Å². The zero-order chi connectivity index (χ0) is 20.2. The van der Waals surface area contributed by atoms with Crippen LogP contribution in [0.15, 0.2) is 53.0 Å². The first kappa shape index (κ1) is 19.3. The van der Waals surface area contributed by atoms with Gasteiger partial charge in [0.2, 0.25) is 5.91 Å². The van der Waals surface area contributed by atoms with Crippen LogP contribution in [0.4, 0.5) is 5.13 Å². The zero-order valence-corrected chi connectivity index (χ0v) is 17.4. The van der Waals surface area contributed by atoms with Crippen LogP contribution in [0.5, 0.6) is 11.5 Å². The molecule has 4 aromatic rings. The summed E-state index contributed by atoms with van der Waals surface area (Å²) in [6.07, 6.45) is 0. The molecule has 2 N–H and O–H groups in total. The molecular formula is C20H18N4O3S2. The minimum Gasteiger partial charge on any atom is -0.497 e. The fourth-order valence-corrected chi connectivity index (χ4v) is 4.10. The summed E-state index contributed by atoms with van der Waals surface area (Å²) in [4.78, 5) is 24.4. The molecule has 0 spiro atoms. The molecule has 0 radical (unpaired) electrons. The number of nitrogens with one attached hydrogen (secondary N) is 2. The molecule has 7 nitrogen and oxygen atoms in total. The zero-order valence-electron chi connectivity index (χ0n) is 15.8. The molecule has 0 saturated carbocycles. The largest absolute Gasteiger partial charge is 0.497 e. The van der Waals surface area contributed by atoms with Crippen molar-refractivity contribution in [3.8, 4) is 22.8 Å². The van der Waals surface area contributed by atoms with Crippen LogP contribution in [0.25, 0.3) is 22.3 Å². The highest BCUT2D eigenvalue weighted by atomic mass is 32.2. The molecule has 0 fully saturated rings. The molecule has 4 rings (SSSR count). The molecule has 0 unspecified atom stereocenters. The number of H-pyrrole nitrogens is 1. The smallest absolute Gasteiger partial charge is 0.236 e. The molecule has 0 aliphatic heterocycles. The fraction of sp³-hybridized carbons (Fsp3) is 0.150. The Morgan fingerprint density at radius 1 is 1.10 bits per heavy atom. The topological polar surface area (TPSA) is 89.1 Å². The summed E-state index contributed by atoms with van der Waals surface area (Å²) in [5.41, 5.74) is 3.48. The van der Waals surface area contributed by atoms with E-state index in [0.717, 1.165) is 33.8 Å². The summed E-state index contributed by atoms with van der Waals surface area (Å²) in [6, 6.07) is 13.2. The number of thiazole rings is 1. The van der Waals surface area contributed by atoms with E-state index in [1.54, 1.807) is 14.2 Å². The number of methoxy groups -OCH3 is 2. The van der Waals surface area contributed by atoms with Crippen molar-refractivity contribution in [3.63, 3.8) is 0 Å². The Morgan fingerprint density at radius 3 is 2.62 bits per heavy atom. The van der Waals surface area contributed by atoms with Gasteiger partial charge in [0.1, 0.15) is 11.5 Å². The third kappa shape index (κ3) is 4.52. The first-order chi connectivity index (χ1) is 14.1. The van der Waals surface area contributed by atoms with Gasteiger partial charge in [-0.15, -0.1) is 11.3 Å². The lowest BCUT2D eigenvalue weighted by Gasteiger charge is -2.01. The molecular weight excluding hydrogens is 408 g/mol. The van der Waals surface area contributed by atoms with E-state index in [1.165, 1.54) is 23.1 Å². The van der Waals surface area contributed by atoms with Crippen LogP contribution in [0.2, 0.25) is 0 Å². The highest BCUT2D eigenvalue weighted by Crippen LogP contribution is 2.27. The third-order valence-electron chi connectivity index (χ3n) is 4.14. The normalized spacial score (nSPS) is 10.8. The second kappa shape index (κ2) is 8.54. The molecule has 29 heavy (non-hydrogen) atoms. The van der Waals surface area contributed by atoms with Gasteiger partial charge >= 0.3 is 0 Å². The van der Waals surface area contributed by atoms with Crippen LogP contribution < -0.4 is 14.8 Å². The van der Waals surface area contributed by atoms with Crippen molar-refractivity contribution in [1.82, 2.24) is 15.0 Å². The minimum atomic E-state index is -0.135. The summed E-state index contributed by atoms with van der Waals surface area (Å²) < 4.78 is 10.4. The summed E-state index contributed by atoms with van der Waals surface area (Å²) in [6.45, 7) is 0. The number of carbonyl (C=O) groups is 1. The standard InChI is InChI=1S/C20H18N4O3S2/c1-26-13-5-3-12(4-6-13)17-10-28-20(23-17)24-18(25)11-29-19-21-15-8-7-14(27-2)9-16(15)22-19/h3-10H,11H2,1-2H3,(H,21,22)(H,23,24,25). The van der Waals surface area contributed by atoms with Crippen molar-refractivity contribution in [3.05, 3.63) is 47.8 Å². The molecule has 0 bridgehead atoms. The summed E-state index contributed by atoms with van der Waals surface area (Å²) in [5.74, 6) is 1.64. The average Bonchev–Trinajstić information content (AvgIpc) is 3.38. The Kier molecular flexibility index (Phi) is 5.68. The van der Waals surface area contributed by atoms with E-state index >= 15 is 0 Å². The molecule has 0 aliphatic carbocycles. The van der Waals surface area contributed by atoms with E-state index in [-0.39, 0.29) is 11.7 Å². The molecule has 1 amide bonds. The van der Waals surface area contributed by atoms with Gasteiger partial charge in [0.15, 0.2) is 10.3 Å². The Morgan fingerprint density at radius 2 is 1.86 bits per heavy atom. The van der Waals surface area contributed by atoms with Gasteiger partial charge in [-0.25, -0.2) is 9.97 Å². The van der Waals surface area contributed by atoms with E-state index in [0.29, 0.717) is 10.3 Å². The number of benzene rings is 2. The molecule has 2 heterocycles.